The maximum Gasteiger partial charge on any atom is 0.328 e. The molecule has 2 aromatic carbocycles. The summed E-state index contributed by atoms with van der Waals surface area (Å²) in [4.78, 5) is 29.8. The number of aromatic amines is 1. The van der Waals surface area contributed by atoms with Gasteiger partial charge in [-0.05, 0) is 41.8 Å². The monoisotopic (exact) mass is 365 g/mol. The molecule has 0 fully saturated rings. The lowest BCUT2D eigenvalue weighted by Gasteiger charge is -2.26. The maximum absolute atomic E-state index is 13.1. The first-order valence-corrected chi connectivity index (χ1v) is 9.01. The molecule has 1 aliphatic rings. The summed E-state index contributed by atoms with van der Waals surface area (Å²) in [7, 11) is 0. The molecule has 0 spiro atoms. The van der Waals surface area contributed by atoms with Gasteiger partial charge in [0.25, 0.3) is 5.56 Å². The number of hydrogen-bond acceptors (Lipinski definition) is 3. The van der Waals surface area contributed by atoms with Crippen LogP contribution >= 0.6 is 0 Å². The van der Waals surface area contributed by atoms with Crippen LogP contribution < -0.4 is 11.2 Å². The number of benzene rings is 2. The molecule has 1 aromatic heterocycles. The zero-order valence-electron chi connectivity index (χ0n) is 14.8. The van der Waals surface area contributed by atoms with Crippen LogP contribution in [0.1, 0.15) is 12.0 Å². The highest BCUT2D eigenvalue weighted by molar-refractivity contribution is 5.76. The van der Waals surface area contributed by atoms with E-state index in [2.05, 4.69) is 16.0 Å². The van der Waals surface area contributed by atoms with Crippen molar-refractivity contribution in [1.29, 1.82) is 0 Å². The molecule has 138 valence electrons. The highest BCUT2D eigenvalue weighted by Crippen LogP contribution is 2.22. The SMILES string of the molecule is O=c1[nH]c2ccccc2c(=O)n1CCN1CC=C(c2ccc(F)cc2)CC1. The maximum atomic E-state index is 13.1. The van der Waals surface area contributed by atoms with Gasteiger partial charge in [-0.1, -0.05) is 30.3 Å². The Morgan fingerprint density at radius 1 is 1.00 bits per heavy atom. The molecule has 2 heterocycles. The van der Waals surface area contributed by atoms with Crippen molar-refractivity contribution in [2.24, 2.45) is 0 Å². The molecule has 0 aliphatic carbocycles. The third-order valence-corrected chi connectivity index (χ3v) is 5.04. The Labute approximate surface area is 155 Å². The standard InChI is InChI=1S/C21H20FN3O2/c22-17-7-5-15(6-8-17)16-9-11-24(12-10-16)13-14-25-20(26)18-3-1-2-4-19(18)23-21(25)27/h1-9H,10-14H2,(H,23,27). The van der Waals surface area contributed by atoms with Crippen LogP contribution in [0.15, 0.2) is 64.2 Å². The van der Waals surface area contributed by atoms with Gasteiger partial charge in [-0.25, -0.2) is 9.18 Å². The fourth-order valence-electron chi connectivity index (χ4n) is 3.48. The summed E-state index contributed by atoms with van der Waals surface area (Å²) in [5.41, 5.74) is 2.17. The molecule has 3 aromatic rings. The van der Waals surface area contributed by atoms with E-state index in [1.165, 1.54) is 22.3 Å². The summed E-state index contributed by atoms with van der Waals surface area (Å²) in [6.07, 6.45) is 2.98. The number of H-pyrrole nitrogens is 1. The molecule has 0 saturated carbocycles. The van der Waals surface area contributed by atoms with Gasteiger partial charge in [-0.2, -0.15) is 0 Å². The van der Waals surface area contributed by atoms with E-state index in [4.69, 9.17) is 0 Å². The van der Waals surface area contributed by atoms with Crippen LogP contribution in [-0.2, 0) is 6.54 Å². The first-order valence-electron chi connectivity index (χ1n) is 9.01. The van der Waals surface area contributed by atoms with E-state index in [0.717, 1.165) is 25.1 Å². The normalized spacial score (nSPS) is 15.1. The second-order valence-corrected chi connectivity index (χ2v) is 6.72. The van der Waals surface area contributed by atoms with Gasteiger partial charge in [0.2, 0.25) is 0 Å². The van der Waals surface area contributed by atoms with E-state index in [9.17, 15) is 14.0 Å². The Morgan fingerprint density at radius 3 is 2.52 bits per heavy atom. The van der Waals surface area contributed by atoms with E-state index in [0.29, 0.717) is 24.0 Å². The minimum atomic E-state index is -0.377. The van der Waals surface area contributed by atoms with Gasteiger partial charge in [0.1, 0.15) is 5.82 Å². The van der Waals surface area contributed by atoms with E-state index in [1.54, 1.807) is 36.4 Å². The number of halogens is 1. The molecule has 0 bridgehead atoms. The molecule has 0 unspecified atom stereocenters. The molecule has 0 atom stereocenters. The molecule has 27 heavy (non-hydrogen) atoms. The Bertz CT molecular complexity index is 1110. The number of nitrogens with zero attached hydrogens (tertiary/aromatic N) is 2. The predicted molar refractivity (Wildman–Crippen MR) is 104 cm³/mol. The second-order valence-electron chi connectivity index (χ2n) is 6.72. The van der Waals surface area contributed by atoms with Crippen LogP contribution in [0.4, 0.5) is 4.39 Å². The van der Waals surface area contributed by atoms with Crippen LogP contribution in [-0.4, -0.2) is 34.1 Å². The van der Waals surface area contributed by atoms with Gasteiger partial charge in [0.05, 0.1) is 10.9 Å². The van der Waals surface area contributed by atoms with Crippen LogP contribution in [0.25, 0.3) is 16.5 Å². The topological polar surface area (TPSA) is 58.1 Å². The molecule has 6 heteroatoms. The Kier molecular flexibility index (Phi) is 4.73. The van der Waals surface area contributed by atoms with Crippen molar-refractivity contribution in [2.75, 3.05) is 19.6 Å². The summed E-state index contributed by atoms with van der Waals surface area (Å²) in [5.74, 6) is -0.233. The molecule has 1 aliphatic heterocycles. The van der Waals surface area contributed by atoms with E-state index in [1.807, 2.05) is 0 Å². The third kappa shape index (κ3) is 3.61. The zero-order valence-corrected chi connectivity index (χ0v) is 14.8. The molecule has 0 amide bonds. The summed E-state index contributed by atoms with van der Waals surface area (Å²) in [5, 5.41) is 0.522. The number of hydrogen-bond donors (Lipinski definition) is 1. The summed E-state index contributed by atoms with van der Waals surface area (Å²) >= 11 is 0. The molecule has 1 N–H and O–H groups in total. The second kappa shape index (κ2) is 7.32. The van der Waals surface area contributed by atoms with Crippen LogP contribution in [0, 0.1) is 5.82 Å². The van der Waals surface area contributed by atoms with Gasteiger partial charge in [-0.3, -0.25) is 14.3 Å². The molecule has 4 rings (SSSR count). The first kappa shape index (κ1) is 17.4. The van der Waals surface area contributed by atoms with Crippen LogP contribution in [0.5, 0.6) is 0 Å². The predicted octanol–water partition coefficient (Wildman–Crippen LogP) is 2.62. The van der Waals surface area contributed by atoms with Gasteiger partial charge in [-0.15, -0.1) is 0 Å². The molecular weight excluding hydrogens is 345 g/mol. The quantitative estimate of drug-likeness (QED) is 0.773. The van der Waals surface area contributed by atoms with Crippen molar-refractivity contribution in [3.8, 4) is 0 Å². The van der Waals surface area contributed by atoms with E-state index < -0.39 is 0 Å². The lowest BCUT2D eigenvalue weighted by atomic mass is 9.99. The fraction of sp³-hybridized carbons (Fsp3) is 0.238. The number of fused-ring (bicyclic) bond motifs is 1. The smallest absolute Gasteiger partial charge is 0.307 e. The molecular formula is C21H20FN3O2. The Morgan fingerprint density at radius 2 is 1.78 bits per heavy atom. The summed E-state index contributed by atoms with van der Waals surface area (Å²) in [6, 6.07) is 13.6. The van der Waals surface area contributed by atoms with Crippen LogP contribution in [0.2, 0.25) is 0 Å². The Balaban J connectivity index is 1.46. The summed E-state index contributed by atoms with van der Waals surface area (Å²) < 4.78 is 14.3. The van der Waals surface area contributed by atoms with Gasteiger partial charge in [0.15, 0.2) is 0 Å². The lowest BCUT2D eigenvalue weighted by molar-refractivity contribution is 0.285. The summed E-state index contributed by atoms with van der Waals surface area (Å²) in [6.45, 7) is 2.55. The molecule has 0 saturated heterocycles. The molecule has 0 radical (unpaired) electrons. The van der Waals surface area contributed by atoms with Gasteiger partial charge < -0.3 is 4.98 Å². The minimum absolute atomic E-state index is 0.233. The van der Waals surface area contributed by atoms with Gasteiger partial charge in [0, 0.05) is 26.2 Å². The van der Waals surface area contributed by atoms with Crippen molar-refractivity contribution in [3.63, 3.8) is 0 Å². The third-order valence-electron chi connectivity index (χ3n) is 5.04. The number of para-hydroxylation sites is 1. The fourth-order valence-corrected chi connectivity index (χ4v) is 3.48. The highest BCUT2D eigenvalue weighted by atomic mass is 19.1. The zero-order chi connectivity index (χ0) is 18.8. The first-order chi connectivity index (χ1) is 13.1. The van der Waals surface area contributed by atoms with Crippen LogP contribution in [0.3, 0.4) is 0 Å². The number of aromatic nitrogens is 2. The van der Waals surface area contributed by atoms with Gasteiger partial charge >= 0.3 is 5.69 Å². The molecule has 5 nitrogen and oxygen atoms in total. The van der Waals surface area contributed by atoms with Crippen molar-refractivity contribution in [3.05, 3.63) is 86.8 Å². The number of nitrogens with one attached hydrogen (secondary N) is 1. The van der Waals surface area contributed by atoms with E-state index >= 15 is 0 Å². The average molecular weight is 365 g/mol. The van der Waals surface area contributed by atoms with E-state index in [-0.39, 0.29) is 17.1 Å². The highest BCUT2D eigenvalue weighted by Gasteiger charge is 2.14. The van der Waals surface area contributed by atoms with Crippen molar-refractivity contribution >= 4 is 16.5 Å². The lowest BCUT2D eigenvalue weighted by Crippen LogP contribution is -2.40. The van der Waals surface area contributed by atoms with Crippen molar-refractivity contribution in [1.82, 2.24) is 14.5 Å². The average Bonchev–Trinajstić information content (AvgIpc) is 2.69. The van der Waals surface area contributed by atoms with Crippen molar-refractivity contribution < 1.29 is 4.39 Å². The minimum Gasteiger partial charge on any atom is -0.307 e. The largest absolute Gasteiger partial charge is 0.328 e. The Hall–Kier alpha value is -2.99. The van der Waals surface area contributed by atoms with Crippen molar-refractivity contribution in [2.45, 2.75) is 13.0 Å². The number of rotatable bonds is 4.